The van der Waals surface area contributed by atoms with Gasteiger partial charge in [0.25, 0.3) is 0 Å². The molecule has 0 bridgehead atoms. The number of pyridine rings is 1. The third-order valence-electron chi connectivity index (χ3n) is 10.3. The Morgan fingerprint density at radius 2 is 0.964 bits per heavy atom. The third-order valence-corrected chi connectivity index (χ3v) is 11.4. The fourth-order valence-corrected chi connectivity index (χ4v) is 8.61. The Kier molecular flexibility index (Phi) is 8.92. The second-order valence-corrected chi connectivity index (χ2v) is 14.8. The standard InChI is InChI=1S/C51H35N3S/c1-33-48(34(2)50(38-16-7-4-8-17-38)54-49(33)37-14-5-3-6-15-37)40-19-13-18-39(28-40)42-29-41(36-26-24-35(32-52)25-27-36)30-43(31-42)44-20-9-10-21-45(44)51-53-46-22-11-12-23-47(46)55-51/h3-31H,1-2H3. The van der Waals surface area contributed by atoms with Crippen molar-refractivity contribution in [2.24, 2.45) is 0 Å². The Morgan fingerprint density at radius 3 is 1.62 bits per heavy atom. The Bertz CT molecular complexity index is 2790. The van der Waals surface area contributed by atoms with Crippen molar-refractivity contribution in [1.82, 2.24) is 9.97 Å². The minimum Gasteiger partial charge on any atom is -0.247 e. The van der Waals surface area contributed by atoms with Gasteiger partial charge in [-0.25, -0.2) is 9.97 Å². The van der Waals surface area contributed by atoms with E-state index in [1.807, 2.05) is 42.5 Å². The molecular weight excluding hydrogens is 687 g/mol. The van der Waals surface area contributed by atoms with Gasteiger partial charge in [-0.3, -0.25) is 0 Å². The van der Waals surface area contributed by atoms with Crippen LogP contribution in [0.15, 0.2) is 176 Å². The molecule has 9 rings (SSSR count). The first-order chi connectivity index (χ1) is 27.0. The number of nitriles is 1. The Hall–Kier alpha value is -6.93. The number of hydrogen-bond acceptors (Lipinski definition) is 4. The number of hydrogen-bond donors (Lipinski definition) is 0. The number of benzene rings is 7. The highest BCUT2D eigenvalue weighted by Crippen LogP contribution is 2.42. The summed E-state index contributed by atoms with van der Waals surface area (Å²) < 4.78 is 1.17. The van der Waals surface area contributed by atoms with Gasteiger partial charge >= 0.3 is 0 Å². The molecule has 0 amide bonds. The second-order valence-electron chi connectivity index (χ2n) is 13.8. The van der Waals surface area contributed by atoms with Crippen molar-refractivity contribution in [1.29, 1.82) is 5.26 Å². The lowest BCUT2D eigenvalue weighted by Gasteiger charge is -2.19. The van der Waals surface area contributed by atoms with Gasteiger partial charge in [0, 0.05) is 16.7 Å². The normalized spacial score (nSPS) is 11.1. The van der Waals surface area contributed by atoms with Gasteiger partial charge in [-0.15, -0.1) is 11.3 Å². The maximum atomic E-state index is 9.54. The van der Waals surface area contributed by atoms with Crippen LogP contribution in [-0.2, 0) is 0 Å². The number of rotatable bonds is 7. The first-order valence-electron chi connectivity index (χ1n) is 18.4. The highest BCUT2D eigenvalue weighted by molar-refractivity contribution is 7.21. The maximum Gasteiger partial charge on any atom is 0.125 e. The Balaban J connectivity index is 1.23. The predicted molar refractivity (Wildman–Crippen MR) is 230 cm³/mol. The molecule has 0 spiro atoms. The molecule has 0 aliphatic carbocycles. The summed E-state index contributed by atoms with van der Waals surface area (Å²) in [6.45, 7) is 4.39. The Labute approximate surface area is 325 Å². The van der Waals surface area contributed by atoms with Gasteiger partial charge in [-0.05, 0) is 118 Å². The van der Waals surface area contributed by atoms with E-state index in [-0.39, 0.29) is 0 Å². The van der Waals surface area contributed by atoms with Crippen LogP contribution in [-0.4, -0.2) is 9.97 Å². The number of aromatic nitrogens is 2. The molecule has 260 valence electrons. The lowest BCUT2D eigenvalue weighted by atomic mass is 9.87. The van der Waals surface area contributed by atoms with Crippen LogP contribution >= 0.6 is 11.3 Å². The number of fused-ring (bicyclic) bond motifs is 1. The van der Waals surface area contributed by atoms with Gasteiger partial charge in [0.05, 0.1) is 33.2 Å². The van der Waals surface area contributed by atoms with E-state index < -0.39 is 0 Å². The minimum atomic E-state index is 0.641. The summed E-state index contributed by atoms with van der Waals surface area (Å²) >= 11 is 1.72. The van der Waals surface area contributed by atoms with E-state index in [0.717, 1.165) is 88.7 Å². The van der Waals surface area contributed by atoms with Gasteiger partial charge < -0.3 is 0 Å². The van der Waals surface area contributed by atoms with Crippen LogP contribution in [0.5, 0.6) is 0 Å². The molecule has 9 aromatic rings. The number of para-hydroxylation sites is 1. The van der Waals surface area contributed by atoms with Crippen molar-refractivity contribution in [3.05, 3.63) is 193 Å². The molecule has 0 saturated heterocycles. The highest BCUT2D eigenvalue weighted by Gasteiger charge is 2.20. The molecule has 3 nitrogen and oxygen atoms in total. The van der Waals surface area contributed by atoms with E-state index in [4.69, 9.17) is 9.97 Å². The number of thiazole rings is 1. The molecule has 55 heavy (non-hydrogen) atoms. The van der Waals surface area contributed by atoms with Crippen LogP contribution < -0.4 is 0 Å². The minimum absolute atomic E-state index is 0.641. The molecule has 0 unspecified atom stereocenters. The van der Waals surface area contributed by atoms with Gasteiger partial charge in [-0.2, -0.15) is 5.26 Å². The fourth-order valence-electron chi connectivity index (χ4n) is 7.60. The summed E-state index contributed by atoms with van der Waals surface area (Å²) in [5, 5.41) is 10.5. The van der Waals surface area contributed by atoms with Gasteiger partial charge in [0.2, 0.25) is 0 Å². The van der Waals surface area contributed by atoms with Crippen molar-refractivity contribution in [3.8, 4) is 83.7 Å². The van der Waals surface area contributed by atoms with E-state index in [1.165, 1.54) is 10.3 Å². The van der Waals surface area contributed by atoms with E-state index >= 15 is 0 Å². The van der Waals surface area contributed by atoms with Crippen LogP contribution in [0.3, 0.4) is 0 Å². The first-order valence-corrected chi connectivity index (χ1v) is 19.2. The summed E-state index contributed by atoms with van der Waals surface area (Å²) in [4.78, 5) is 10.4. The summed E-state index contributed by atoms with van der Waals surface area (Å²) in [5.74, 6) is 0. The van der Waals surface area contributed by atoms with Crippen LogP contribution in [0.25, 0.3) is 87.8 Å². The average molecular weight is 722 g/mol. The molecule has 0 radical (unpaired) electrons. The molecule has 2 aromatic heterocycles. The maximum absolute atomic E-state index is 9.54. The van der Waals surface area contributed by atoms with Crippen molar-refractivity contribution < 1.29 is 0 Å². The summed E-state index contributed by atoms with van der Waals surface area (Å²) in [7, 11) is 0. The largest absolute Gasteiger partial charge is 0.247 e. The van der Waals surface area contributed by atoms with Crippen molar-refractivity contribution >= 4 is 21.6 Å². The molecule has 4 heteroatoms. The average Bonchev–Trinajstić information content (AvgIpc) is 3.69. The molecule has 0 aliphatic heterocycles. The zero-order chi connectivity index (χ0) is 37.3. The Morgan fingerprint density at radius 1 is 0.436 bits per heavy atom. The molecule has 2 heterocycles. The van der Waals surface area contributed by atoms with Gasteiger partial charge in [0.15, 0.2) is 0 Å². The van der Waals surface area contributed by atoms with Gasteiger partial charge in [0.1, 0.15) is 5.01 Å². The molecule has 0 aliphatic rings. The highest BCUT2D eigenvalue weighted by atomic mass is 32.1. The molecule has 0 fully saturated rings. The SMILES string of the molecule is Cc1c(-c2ccccc2)nc(-c2ccccc2)c(C)c1-c1cccc(-c2cc(-c3ccc(C#N)cc3)cc(-c3ccccc3-c3nc4ccccc4s3)c2)c1. The van der Waals surface area contributed by atoms with Crippen LogP contribution in [0.4, 0.5) is 0 Å². The lowest BCUT2D eigenvalue weighted by Crippen LogP contribution is -2.00. The zero-order valence-electron chi connectivity index (χ0n) is 30.5. The molecule has 0 saturated carbocycles. The smallest absolute Gasteiger partial charge is 0.125 e. The van der Waals surface area contributed by atoms with Crippen LogP contribution in [0.1, 0.15) is 16.7 Å². The van der Waals surface area contributed by atoms with Crippen LogP contribution in [0.2, 0.25) is 0 Å². The van der Waals surface area contributed by atoms with E-state index in [2.05, 4.69) is 153 Å². The van der Waals surface area contributed by atoms with Crippen LogP contribution in [0, 0.1) is 25.2 Å². The fraction of sp³-hybridized carbons (Fsp3) is 0.0392. The molecule has 7 aromatic carbocycles. The van der Waals surface area contributed by atoms with Gasteiger partial charge in [-0.1, -0.05) is 127 Å². The van der Waals surface area contributed by atoms with E-state index in [0.29, 0.717) is 5.56 Å². The van der Waals surface area contributed by atoms with Crippen molar-refractivity contribution in [2.75, 3.05) is 0 Å². The summed E-state index contributed by atoms with van der Waals surface area (Å²) in [6, 6.07) is 63.7. The number of nitrogens with zero attached hydrogens (tertiary/aromatic N) is 3. The summed E-state index contributed by atoms with van der Waals surface area (Å²) in [6.07, 6.45) is 0. The lowest BCUT2D eigenvalue weighted by molar-refractivity contribution is 1.23. The van der Waals surface area contributed by atoms with Crippen molar-refractivity contribution in [3.63, 3.8) is 0 Å². The topological polar surface area (TPSA) is 49.6 Å². The molecule has 0 atom stereocenters. The first kappa shape index (κ1) is 33.9. The molecule has 0 N–H and O–H groups in total. The zero-order valence-corrected chi connectivity index (χ0v) is 31.3. The van der Waals surface area contributed by atoms with E-state index in [1.54, 1.807) is 11.3 Å². The monoisotopic (exact) mass is 721 g/mol. The molecular formula is C51H35N3S. The predicted octanol–water partition coefficient (Wildman–Crippen LogP) is 13.8. The second kappa shape index (κ2) is 14.5. The van der Waals surface area contributed by atoms with E-state index in [9.17, 15) is 5.26 Å². The van der Waals surface area contributed by atoms with Crippen molar-refractivity contribution in [2.45, 2.75) is 13.8 Å². The quantitative estimate of drug-likeness (QED) is 0.165. The third kappa shape index (κ3) is 6.52. The summed E-state index contributed by atoms with van der Waals surface area (Å²) in [5.41, 5.74) is 18.1.